The largest absolute Gasteiger partial charge is 0.455 e. The SMILES string of the molecule is Cc1c(C(=O)OCc2ccc(-n3ccnc3)nc2)oc2ccc(Cl)cc12. The first-order chi connectivity index (χ1) is 12.6. The molecule has 6 nitrogen and oxygen atoms in total. The number of esters is 1. The molecule has 3 aromatic heterocycles. The summed E-state index contributed by atoms with van der Waals surface area (Å²) in [5, 5.41) is 1.39. The van der Waals surface area contributed by atoms with Gasteiger partial charge in [0.15, 0.2) is 0 Å². The number of carbonyl (C=O) groups excluding carboxylic acids is 1. The quantitative estimate of drug-likeness (QED) is 0.502. The molecular weight excluding hydrogens is 354 g/mol. The average molecular weight is 368 g/mol. The van der Waals surface area contributed by atoms with Crippen LogP contribution in [0, 0.1) is 6.92 Å². The number of benzene rings is 1. The monoisotopic (exact) mass is 367 g/mol. The molecule has 0 saturated carbocycles. The zero-order valence-electron chi connectivity index (χ0n) is 13.8. The number of fused-ring (bicyclic) bond motifs is 1. The van der Waals surface area contributed by atoms with E-state index in [1.807, 2.05) is 12.1 Å². The molecule has 0 saturated heterocycles. The summed E-state index contributed by atoms with van der Waals surface area (Å²) in [5.41, 5.74) is 2.09. The van der Waals surface area contributed by atoms with E-state index in [0.717, 1.165) is 16.8 Å². The van der Waals surface area contributed by atoms with Crippen molar-refractivity contribution in [2.24, 2.45) is 0 Å². The van der Waals surface area contributed by atoms with Gasteiger partial charge < -0.3 is 9.15 Å². The second-order valence-electron chi connectivity index (χ2n) is 5.77. The van der Waals surface area contributed by atoms with Crippen LogP contribution in [0.2, 0.25) is 5.02 Å². The van der Waals surface area contributed by atoms with E-state index in [9.17, 15) is 4.79 Å². The first-order valence-electron chi connectivity index (χ1n) is 7.91. The maximum absolute atomic E-state index is 12.4. The highest BCUT2D eigenvalue weighted by atomic mass is 35.5. The van der Waals surface area contributed by atoms with E-state index in [1.165, 1.54) is 0 Å². The van der Waals surface area contributed by atoms with E-state index < -0.39 is 5.97 Å². The van der Waals surface area contributed by atoms with Crippen LogP contribution >= 0.6 is 11.6 Å². The smallest absolute Gasteiger partial charge is 0.374 e. The molecule has 0 amide bonds. The summed E-state index contributed by atoms with van der Waals surface area (Å²) < 4.78 is 12.8. The lowest BCUT2D eigenvalue weighted by Crippen LogP contribution is -2.06. The van der Waals surface area contributed by atoms with Crippen molar-refractivity contribution in [1.29, 1.82) is 0 Å². The summed E-state index contributed by atoms with van der Waals surface area (Å²) in [6.45, 7) is 1.91. The lowest BCUT2D eigenvalue weighted by molar-refractivity contribution is 0.0437. The second kappa shape index (κ2) is 6.65. The van der Waals surface area contributed by atoms with E-state index >= 15 is 0 Å². The topological polar surface area (TPSA) is 70.2 Å². The van der Waals surface area contributed by atoms with E-state index in [2.05, 4.69) is 9.97 Å². The molecule has 4 rings (SSSR count). The molecule has 0 aliphatic rings. The number of carbonyl (C=O) groups is 1. The van der Waals surface area contributed by atoms with Gasteiger partial charge in [-0.25, -0.2) is 14.8 Å². The maximum atomic E-state index is 12.4. The molecule has 0 aliphatic carbocycles. The van der Waals surface area contributed by atoms with Gasteiger partial charge in [0.1, 0.15) is 24.3 Å². The maximum Gasteiger partial charge on any atom is 0.374 e. The van der Waals surface area contributed by atoms with Gasteiger partial charge in [0.2, 0.25) is 5.76 Å². The average Bonchev–Trinajstić information content (AvgIpc) is 3.29. The fraction of sp³-hybridized carbons (Fsp3) is 0.105. The fourth-order valence-electron chi connectivity index (χ4n) is 2.65. The lowest BCUT2D eigenvalue weighted by Gasteiger charge is -2.05. The van der Waals surface area contributed by atoms with E-state index in [1.54, 1.807) is 54.6 Å². The molecule has 0 fully saturated rings. The van der Waals surface area contributed by atoms with Gasteiger partial charge in [-0.1, -0.05) is 17.7 Å². The number of hydrogen-bond donors (Lipinski definition) is 0. The lowest BCUT2D eigenvalue weighted by atomic mass is 10.1. The summed E-state index contributed by atoms with van der Waals surface area (Å²) >= 11 is 6.00. The van der Waals surface area contributed by atoms with Crippen molar-refractivity contribution >= 4 is 28.5 Å². The number of rotatable bonds is 4. The van der Waals surface area contributed by atoms with Crippen LogP contribution in [0.4, 0.5) is 0 Å². The highest BCUT2D eigenvalue weighted by Gasteiger charge is 2.19. The number of aryl methyl sites for hydroxylation is 1. The first-order valence-corrected chi connectivity index (χ1v) is 8.28. The Morgan fingerprint density at radius 1 is 1.31 bits per heavy atom. The number of pyridine rings is 1. The minimum absolute atomic E-state index is 0.104. The van der Waals surface area contributed by atoms with Gasteiger partial charge >= 0.3 is 5.97 Å². The number of hydrogen-bond acceptors (Lipinski definition) is 5. The number of furan rings is 1. The highest BCUT2D eigenvalue weighted by molar-refractivity contribution is 6.31. The van der Waals surface area contributed by atoms with Crippen LogP contribution in [0.15, 0.2) is 59.7 Å². The number of nitrogens with zero attached hydrogens (tertiary/aromatic N) is 3. The Kier molecular flexibility index (Phi) is 4.18. The van der Waals surface area contributed by atoms with Crippen molar-refractivity contribution in [2.75, 3.05) is 0 Å². The molecule has 0 bridgehead atoms. The second-order valence-corrected chi connectivity index (χ2v) is 6.20. The van der Waals surface area contributed by atoms with Gasteiger partial charge in [0, 0.05) is 40.1 Å². The van der Waals surface area contributed by atoms with Gasteiger partial charge in [-0.2, -0.15) is 0 Å². The molecular formula is C19H14ClN3O3. The van der Waals surface area contributed by atoms with Crippen molar-refractivity contribution in [3.63, 3.8) is 0 Å². The Morgan fingerprint density at radius 3 is 2.92 bits per heavy atom. The molecule has 0 spiro atoms. The van der Waals surface area contributed by atoms with Crippen LogP contribution in [0.25, 0.3) is 16.8 Å². The van der Waals surface area contributed by atoms with Gasteiger partial charge in [0.05, 0.1) is 0 Å². The van der Waals surface area contributed by atoms with E-state index in [0.29, 0.717) is 16.2 Å². The van der Waals surface area contributed by atoms with Gasteiger partial charge in [-0.3, -0.25) is 4.57 Å². The number of halogens is 1. The third kappa shape index (κ3) is 3.07. The van der Waals surface area contributed by atoms with Crippen molar-refractivity contribution in [1.82, 2.24) is 14.5 Å². The van der Waals surface area contributed by atoms with Gasteiger partial charge in [-0.05, 0) is 31.2 Å². The van der Waals surface area contributed by atoms with Crippen molar-refractivity contribution in [2.45, 2.75) is 13.5 Å². The van der Waals surface area contributed by atoms with Crippen LogP contribution in [-0.4, -0.2) is 20.5 Å². The normalized spacial score (nSPS) is 11.0. The molecule has 26 heavy (non-hydrogen) atoms. The molecule has 130 valence electrons. The predicted octanol–water partition coefficient (Wildman–Crippen LogP) is 4.33. The summed E-state index contributed by atoms with van der Waals surface area (Å²) in [6.07, 6.45) is 6.81. The Hall–Kier alpha value is -3.12. The molecule has 0 aliphatic heterocycles. The molecule has 0 atom stereocenters. The molecule has 0 N–H and O–H groups in total. The van der Waals surface area contributed by atoms with Gasteiger partial charge in [-0.15, -0.1) is 0 Å². The van der Waals surface area contributed by atoms with Crippen molar-refractivity contribution < 1.29 is 13.9 Å². The molecule has 4 aromatic rings. The minimum atomic E-state index is -0.520. The third-order valence-corrected chi connectivity index (χ3v) is 4.27. The van der Waals surface area contributed by atoms with Crippen LogP contribution in [0.5, 0.6) is 0 Å². The van der Waals surface area contributed by atoms with Crippen LogP contribution < -0.4 is 0 Å². The van der Waals surface area contributed by atoms with Crippen molar-refractivity contribution in [3.05, 3.63) is 77.2 Å². The van der Waals surface area contributed by atoms with E-state index in [4.69, 9.17) is 20.8 Å². The summed E-state index contributed by atoms with van der Waals surface area (Å²) in [7, 11) is 0. The van der Waals surface area contributed by atoms with Crippen LogP contribution in [-0.2, 0) is 11.3 Å². The summed E-state index contributed by atoms with van der Waals surface area (Å²) in [4.78, 5) is 20.7. The molecule has 1 aromatic carbocycles. The highest BCUT2D eigenvalue weighted by Crippen LogP contribution is 2.28. The molecule has 0 unspecified atom stereocenters. The molecule has 7 heteroatoms. The molecule has 3 heterocycles. The zero-order valence-corrected chi connectivity index (χ0v) is 14.6. The number of ether oxygens (including phenoxy) is 1. The van der Waals surface area contributed by atoms with Crippen LogP contribution in [0.3, 0.4) is 0 Å². The standard InChI is InChI=1S/C19H14ClN3O3/c1-12-15-8-14(20)3-4-16(15)26-18(12)19(24)25-10-13-2-5-17(22-9-13)23-7-6-21-11-23/h2-9,11H,10H2,1H3. The van der Waals surface area contributed by atoms with Gasteiger partial charge in [0.25, 0.3) is 0 Å². The first kappa shape index (κ1) is 16.4. The zero-order chi connectivity index (χ0) is 18.1. The Labute approximate surface area is 154 Å². The minimum Gasteiger partial charge on any atom is -0.455 e. The third-order valence-electron chi connectivity index (χ3n) is 4.03. The summed E-state index contributed by atoms with van der Waals surface area (Å²) in [5.74, 6) is 0.404. The number of imidazole rings is 1. The Balaban J connectivity index is 1.48. The predicted molar refractivity (Wildman–Crippen MR) is 96.4 cm³/mol. The Morgan fingerprint density at radius 2 is 2.19 bits per heavy atom. The summed E-state index contributed by atoms with van der Waals surface area (Å²) in [6, 6.07) is 8.90. The van der Waals surface area contributed by atoms with E-state index in [-0.39, 0.29) is 12.4 Å². The Bertz CT molecular complexity index is 1070. The van der Waals surface area contributed by atoms with Crippen molar-refractivity contribution in [3.8, 4) is 5.82 Å². The number of aromatic nitrogens is 3. The molecule has 0 radical (unpaired) electrons. The fourth-order valence-corrected chi connectivity index (χ4v) is 2.82. The van der Waals surface area contributed by atoms with Crippen LogP contribution in [0.1, 0.15) is 21.7 Å².